The summed E-state index contributed by atoms with van der Waals surface area (Å²) in [6.45, 7) is 30.8. The Balaban J connectivity index is 0.000000137. The van der Waals surface area contributed by atoms with Crippen molar-refractivity contribution in [3.8, 4) is 40.1 Å². The van der Waals surface area contributed by atoms with E-state index in [1.807, 2.05) is 57.2 Å². The maximum Gasteiger partial charge on any atom is 0.289 e. The van der Waals surface area contributed by atoms with Crippen LogP contribution in [0, 0.1) is 13.8 Å². The molecule has 0 saturated heterocycles. The third-order valence-corrected chi connectivity index (χ3v) is 19.0. The number of hydrogen-bond acceptors (Lipinski definition) is 11. The van der Waals surface area contributed by atoms with Crippen molar-refractivity contribution in [1.29, 1.82) is 0 Å². The fraction of sp³-hybridized carbons (Fsp3) is 0.405. The third-order valence-electron chi connectivity index (χ3n) is 19.0. The van der Waals surface area contributed by atoms with Gasteiger partial charge in [0.05, 0.1) is 57.3 Å². The molecule has 20 nitrogen and oxygen atoms in total. The van der Waals surface area contributed by atoms with E-state index < -0.39 is 0 Å². The first-order chi connectivity index (χ1) is 44.8. The molecule has 4 unspecified atom stereocenters. The summed E-state index contributed by atoms with van der Waals surface area (Å²) in [6.07, 6.45) is 24.7. The summed E-state index contributed by atoms with van der Waals surface area (Å²) in [5.41, 5.74) is 8.89. The fourth-order valence-electron chi connectivity index (χ4n) is 13.6. The molecule has 8 aromatic heterocycles. The maximum absolute atomic E-state index is 4.87. The molecule has 0 fully saturated rings. The molecule has 4 aliphatic heterocycles. The zero-order chi connectivity index (χ0) is 67.7. The van der Waals surface area contributed by atoms with E-state index in [4.69, 9.17) is 4.98 Å². The molecular formula is C74H103N20+5. The average molecular weight is 1270 g/mol. The van der Waals surface area contributed by atoms with Gasteiger partial charge in [0, 0.05) is 107 Å². The zero-order valence-electron chi connectivity index (χ0n) is 59.8. The second-order valence-electron chi connectivity index (χ2n) is 26.2. The van der Waals surface area contributed by atoms with Crippen molar-refractivity contribution in [2.45, 2.75) is 146 Å². The number of nitrogens with zero attached hydrogens (tertiary/aromatic N) is 20. The molecule has 4 atom stereocenters. The molecule has 94 heavy (non-hydrogen) atoms. The van der Waals surface area contributed by atoms with Gasteiger partial charge in [0.1, 0.15) is 48.2 Å². The summed E-state index contributed by atoms with van der Waals surface area (Å²) < 4.78 is 19.4. The van der Waals surface area contributed by atoms with Crippen LogP contribution in [0.25, 0.3) is 51.1 Å². The summed E-state index contributed by atoms with van der Waals surface area (Å²) in [5, 5.41) is 4.47. The number of aryl methyl sites for hydroxylation is 5. The topological polar surface area (TPSA) is 104 Å². The van der Waals surface area contributed by atoms with Gasteiger partial charge >= 0.3 is 0 Å². The number of pyridine rings is 4. The minimum atomic E-state index is 0.289. The molecule has 13 rings (SSSR count). The van der Waals surface area contributed by atoms with Crippen LogP contribution in [0.3, 0.4) is 0 Å². The van der Waals surface area contributed by atoms with Crippen molar-refractivity contribution in [2.24, 2.45) is 56.4 Å². The molecule has 4 aliphatic rings. The molecule has 12 heterocycles. The molecular weight excluding hydrogens is 1170 g/mol. The zero-order valence-corrected chi connectivity index (χ0v) is 59.8. The Morgan fingerprint density at radius 1 is 0.426 bits per heavy atom. The molecule has 0 radical (unpaired) electrons. The van der Waals surface area contributed by atoms with Crippen LogP contribution in [0.5, 0.6) is 0 Å². The van der Waals surface area contributed by atoms with Crippen LogP contribution in [0.4, 0.5) is 23.3 Å². The van der Waals surface area contributed by atoms with Gasteiger partial charge in [-0.05, 0) is 162 Å². The molecule has 0 amide bonds. The van der Waals surface area contributed by atoms with E-state index in [-0.39, 0.29) is 6.17 Å². The molecule has 0 aliphatic carbocycles. The summed E-state index contributed by atoms with van der Waals surface area (Å²) >= 11 is 0. The molecule has 0 N–H and O–H groups in total. The first kappa shape index (κ1) is 67.2. The summed E-state index contributed by atoms with van der Waals surface area (Å²) in [4.78, 5) is 28.0. The number of anilines is 4. The summed E-state index contributed by atoms with van der Waals surface area (Å²) in [7, 11) is 16.6. The Morgan fingerprint density at radius 2 is 0.830 bits per heavy atom. The number of fused-ring (bicyclic) bond motifs is 1. The lowest BCUT2D eigenvalue weighted by atomic mass is 10.2. The van der Waals surface area contributed by atoms with Crippen molar-refractivity contribution in [2.75, 3.05) is 19.6 Å². The van der Waals surface area contributed by atoms with E-state index in [9.17, 15) is 0 Å². The minimum absolute atomic E-state index is 0.289. The predicted octanol–water partition coefficient (Wildman–Crippen LogP) is 10.0. The number of rotatable bonds is 12. The smallest absolute Gasteiger partial charge is 0.289 e. The van der Waals surface area contributed by atoms with Crippen molar-refractivity contribution < 1.29 is 23.0 Å². The van der Waals surface area contributed by atoms with Crippen LogP contribution in [0.15, 0.2) is 177 Å². The highest BCUT2D eigenvalue weighted by Crippen LogP contribution is 2.31. The Hall–Kier alpha value is -9.72. The highest BCUT2D eigenvalue weighted by atomic mass is 15.5. The number of para-hydroxylation sites is 2. The molecule has 9 aromatic rings. The van der Waals surface area contributed by atoms with Crippen LogP contribution in [0.2, 0.25) is 0 Å². The van der Waals surface area contributed by atoms with E-state index in [0.717, 1.165) is 68.5 Å². The van der Waals surface area contributed by atoms with Crippen LogP contribution >= 0.6 is 0 Å². The molecule has 0 spiro atoms. The number of benzene rings is 1. The van der Waals surface area contributed by atoms with Gasteiger partial charge in [0.25, 0.3) is 23.3 Å². The van der Waals surface area contributed by atoms with Gasteiger partial charge < -0.3 is 28.7 Å². The lowest BCUT2D eigenvalue weighted by Gasteiger charge is -2.29. The number of imidazole rings is 2. The lowest BCUT2D eigenvalue weighted by molar-refractivity contribution is -0.763. The van der Waals surface area contributed by atoms with Gasteiger partial charge in [0.15, 0.2) is 48.5 Å². The van der Waals surface area contributed by atoms with E-state index in [0.29, 0.717) is 42.7 Å². The van der Waals surface area contributed by atoms with Crippen LogP contribution in [-0.2, 0) is 56.4 Å². The van der Waals surface area contributed by atoms with Crippen molar-refractivity contribution in [1.82, 2.24) is 53.2 Å². The second kappa shape index (κ2) is 27.9. The highest BCUT2D eigenvalue weighted by Gasteiger charge is 2.37. The SMILES string of the molecule is CC(C)N1C=CN(c2cccc(-c3nc4ccccc4n3C)[n+]2C)C1C.CC(C)N1C=CN(c2cccc(-n3ccc[n+]3C)[n+]2C)C1C.Cc1cc(-c2cccc(N3C=CN(C(C)C)C3C)[n+]2C)n(C)n1.Cc1ncc(-c2cccc(N3C=CN(C(C)C)C3C)[n+]2C)n1C. The molecule has 0 saturated carbocycles. The largest absolute Gasteiger partial charge is 0.340 e. The van der Waals surface area contributed by atoms with E-state index in [1.54, 1.807) is 0 Å². The first-order valence-corrected chi connectivity index (χ1v) is 33.2. The Kier molecular flexibility index (Phi) is 19.9. The number of aromatic nitrogens is 12. The van der Waals surface area contributed by atoms with Crippen LogP contribution in [0.1, 0.15) is 94.6 Å². The quantitative estimate of drug-likeness (QED) is 0.109. The van der Waals surface area contributed by atoms with Gasteiger partial charge in [-0.1, -0.05) is 16.8 Å². The average Bonchev–Trinajstić information content (AvgIpc) is 1.64. The third kappa shape index (κ3) is 13.0. The Labute approximate surface area is 558 Å². The van der Waals surface area contributed by atoms with Crippen molar-refractivity contribution in [3.63, 3.8) is 0 Å². The molecule has 0 bridgehead atoms. The van der Waals surface area contributed by atoms with Crippen molar-refractivity contribution in [3.05, 3.63) is 189 Å². The Bertz CT molecular complexity index is 4160. The van der Waals surface area contributed by atoms with E-state index in [1.165, 1.54) is 17.5 Å². The van der Waals surface area contributed by atoms with E-state index >= 15 is 0 Å². The van der Waals surface area contributed by atoms with Gasteiger partial charge in [-0.2, -0.15) is 5.10 Å². The molecule has 494 valence electrons. The molecule has 1 aromatic carbocycles. The van der Waals surface area contributed by atoms with Crippen LogP contribution in [-0.4, -0.2) is 102 Å². The van der Waals surface area contributed by atoms with Gasteiger partial charge in [-0.15, -0.1) is 0 Å². The predicted molar refractivity (Wildman–Crippen MR) is 377 cm³/mol. The number of hydrogen-bond donors (Lipinski definition) is 0. The minimum Gasteiger partial charge on any atom is -0.340 e. The summed E-state index contributed by atoms with van der Waals surface area (Å²) in [6, 6.07) is 40.1. The van der Waals surface area contributed by atoms with Crippen LogP contribution < -0.4 is 42.5 Å². The lowest BCUT2D eigenvalue weighted by Crippen LogP contribution is -2.49. The fourth-order valence-corrected chi connectivity index (χ4v) is 13.6. The molecule has 20 heteroatoms. The highest BCUT2D eigenvalue weighted by molar-refractivity contribution is 5.79. The summed E-state index contributed by atoms with van der Waals surface area (Å²) in [5.74, 6) is 7.81. The second-order valence-corrected chi connectivity index (χ2v) is 26.2. The monoisotopic (exact) mass is 1270 g/mol. The maximum atomic E-state index is 4.87. The Morgan fingerprint density at radius 3 is 1.21 bits per heavy atom. The van der Waals surface area contributed by atoms with E-state index in [2.05, 4.69) is 364 Å². The normalized spacial score (nSPS) is 17.5. The van der Waals surface area contributed by atoms with Gasteiger partial charge in [-0.25, -0.2) is 47.8 Å². The van der Waals surface area contributed by atoms with Crippen molar-refractivity contribution >= 4 is 34.3 Å². The van der Waals surface area contributed by atoms with Gasteiger partial charge in [0.2, 0.25) is 12.0 Å². The van der Waals surface area contributed by atoms with Gasteiger partial charge in [-0.3, -0.25) is 4.68 Å². The first-order valence-electron chi connectivity index (χ1n) is 33.2. The standard InChI is InChI=1S/C21H26N5.2C18H26N5.C17H25N5/c1-15(2)25-13-14-26(16(25)3)20-12-8-11-19(23(20)4)21-22-17-9-6-7-10-18(17)24(21)5;1-13(2)22-10-11-23(15(22)4)18-9-7-8-16(21(18)6)17-12-19-14(3)20(17)5;1-13(2)22-10-11-23(15(22)4)18-9-7-8-16(20(18)5)17-12-14(3)19-21(17)6;1-14(2)20-12-13-21(15(20)3)16-8-6-9-17(19(16)5)22-11-7-10-18(22)4/h6-16H,1-5H3;2*7-13,15H,1-6H3;6-15H,1-5H3/q3*+1;+2.